The molecule has 0 heterocycles. The molecule has 0 saturated carbocycles. The van der Waals surface area contributed by atoms with Gasteiger partial charge in [0.25, 0.3) is 0 Å². The quantitative estimate of drug-likeness (QED) is 0.434. The van der Waals surface area contributed by atoms with E-state index < -0.39 is 0 Å². The average molecular weight is 290 g/mol. The number of hydrogen-bond donors (Lipinski definition) is 0. The van der Waals surface area contributed by atoms with Crippen LogP contribution in [0.3, 0.4) is 0 Å². The van der Waals surface area contributed by atoms with Gasteiger partial charge >= 0.3 is 0 Å². The Bertz CT molecular complexity index is 397. The Hall–Kier alpha value is -1.02. The maximum Gasteiger partial charge on any atom is 0.159 e. The zero-order valence-corrected chi connectivity index (χ0v) is 13.5. The Morgan fingerprint density at radius 2 is 1.95 bits per heavy atom. The van der Waals surface area contributed by atoms with Gasteiger partial charge in [0, 0.05) is 11.7 Å². The number of rotatable bonds is 10. The van der Waals surface area contributed by atoms with E-state index in [1.165, 1.54) is 12.8 Å². The van der Waals surface area contributed by atoms with Gasteiger partial charge in [-0.05, 0) is 23.8 Å². The summed E-state index contributed by atoms with van der Waals surface area (Å²) in [6, 6.07) is 10.0. The van der Waals surface area contributed by atoms with Crippen LogP contribution in [0.4, 0.5) is 0 Å². The molecule has 0 amide bonds. The number of carbonyl (C=O) groups is 1. The van der Waals surface area contributed by atoms with Crippen molar-refractivity contribution in [1.82, 2.24) is 0 Å². The lowest BCUT2D eigenvalue weighted by molar-refractivity contribution is -0.117. The molecule has 110 valence electrons. The normalized spacial score (nSPS) is 12.7. The fourth-order valence-corrected chi connectivity index (χ4v) is 2.94. The highest BCUT2D eigenvalue weighted by Gasteiger charge is 2.15. The Morgan fingerprint density at radius 3 is 2.60 bits per heavy atom. The Balaban J connectivity index is 2.55. The van der Waals surface area contributed by atoms with Gasteiger partial charge in [-0.25, -0.2) is 0 Å². The van der Waals surface area contributed by atoms with Gasteiger partial charge in [0.2, 0.25) is 0 Å². The molecular formula is C18H26OS. The molecule has 1 aromatic rings. The van der Waals surface area contributed by atoms with Crippen molar-refractivity contribution in [2.45, 2.75) is 39.5 Å². The van der Waals surface area contributed by atoms with Crippen LogP contribution in [0.5, 0.6) is 0 Å². The smallest absolute Gasteiger partial charge is 0.159 e. The fourth-order valence-electron chi connectivity index (χ4n) is 2.09. The van der Waals surface area contributed by atoms with Gasteiger partial charge in [-0.1, -0.05) is 69.5 Å². The first-order valence-electron chi connectivity index (χ1n) is 7.62. The molecule has 1 atom stereocenters. The van der Waals surface area contributed by atoms with Crippen molar-refractivity contribution in [1.29, 1.82) is 0 Å². The van der Waals surface area contributed by atoms with Gasteiger partial charge in [-0.2, -0.15) is 11.8 Å². The third-order valence-corrected chi connectivity index (χ3v) is 4.37. The van der Waals surface area contributed by atoms with Crippen LogP contribution in [0.15, 0.2) is 36.4 Å². The molecule has 0 saturated heterocycles. The summed E-state index contributed by atoms with van der Waals surface area (Å²) >= 11 is 1.87. The lowest BCUT2D eigenvalue weighted by Crippen LogP contribution is -2.15. The average Bonchev–Trinajstić information content (AvgIpc) is 2.49. The van der Waals surface area contributed by atoms with E-state index >= 15 is 0 Å². The molecule has 0 aliphatic heterocycles. The van der Waals surface area contributed by atoms with Crippen molar-refractivity contribution in [2.75, 3.05) is 11.5 Å². The van der Waals surface area contributed by atoms with E-state index in [9.17, 15) is 4.79 Å². The summed E-state index contributed by atoms with van der Waals surface area (Å²) in [5.41, 5.74) is 1.09. The highest BCUT2D eigenvalue weighted by Crippen LogP contribution is 2.18. The molecule has 0 fully saturated rings. The van der Waals surface area contributed by atoms with Crippen LogP contribution < -0.4 is 0 Å². The molecule has 20 heavy (non-hydrogen) atoms. The zero-order valence-electron chi connectivity index (χ0n) is 12.7. The number of thioether (sulfide) groups is 1. The summed E-state index contributed by atoms with van der Waals surface area (Å²) < 4.78 is 0. The highest BCUT2D eigenvalue weighted by molar-refractivity contribution is 7.99. The minimum Gasteiger partial charge on any atom is -0.295 e. The van der Waals surface area contributed by atoms with Crippen LogP contribution in [0, 0.1) is 5.92 Å². The van der Waals surface area contributed by atoms with Crippen LogP contribution in [0.1, 0.15) is 45.1 Å². The molecule has 2 heteroatoms. The molecule has 0 N–H and O–H groups in total. The summed E-state index contributed by atoms with van der Waals surface area (Å²) in [5.74, 6) is 2.51. The van der Waals surface area contributed by atoms with Crippen molar-refractivity contribution in [2.24, 2.45) is 5.92 Å². The topological polar surface area (TPSA) is 17.1 Å². The maximum absolute atomic E-state index is 12.3. The molecule has 1 aromatic carbocycles. The minimum absolute atomic E-state index is 0.187. The summed E-state index contributed by atoms with van der Waals surface area (Å²) in [6.07, 6.45) is 8.33. The van der Waals surface area contributed by atoms with Crippen LogP contribution in [-0.4, -0.2) is 17.3 Å². The van der Waals surface area contributed by atoms with E-state index in [0.29, 0.717) is 0 Å². The van der Waals surface area contributed by atoms with Gasteiger partial charge in [-0.3, -0.25) is 4.79 Å². The molecule has 0 spiro atoms. The van der Waals surface area contributed by atoms with Gasteiger partial charge in [0.15, 0.2) is 5.78 Å². The third-order valence-electron chi connectivity index (χ3n) is 3.32. The van der Waals surface area contributed by atoms with Crippen LogP contribution in [0.25, 0.3) is 6.08 Å². The second kappa shape index (κ2) is 10.7. The number of hydrogen-bond acceptors (Lipinski definition) is 2. The van der Waals surface area contributed by atoms with Crippen molar-refractivity contribution in [3.8, 4) is 0 Å². The first kappa shape index (κ1) is 17.0. The molecule has 1 nitrogen and oxygen atoms in total. The maximum atomic E-state index is 12.3. The van der Waals surface area contributed by atoms with Crippen molar-refractivity contribution >= 4 is 23.6 Å². The molecular weight excluding hydrogens is 264 g/mol. The lowest BCUT2D eigenvalue weighted by Gasteiger charge is -2.12. The molecule has 0 unspecified atom stereocenters. The van der Waals surface area contributed by atoms with Gasteiger partial charge in [0.05, 0.1) is 0 Å². The summed E-state index contributed by atoms with van der Waals surface area (Å²) in [6.45, 7) is 4.35. The monoisotopic (exact) mass is 290 g/mol. The fraction of sp³-hybridized carbons (Fsp3) is 0.500. The van der Waals surface area contributed by atoms with E-state index in [2.05, 4.69) is 13.8 Å². The van der Waals surface area contributed by atoms with Gasteiger partial charge < -0.3 is 0 Å². The number of carbonyl (C=O) groups excluding carboxylic acids is 1. The summed E-state index contributed by atoms with van der Waals surface area (Å²) in [5, 5.41) is 0. The van der Waals surface area contributed by atoms with Crippen molar-refractivity contribution < 1.29 is 4.79 Å². The van der Waals surface area contributed by atoms with E-state index in [4.69, 9.17) is 0 Å². The van der Waals surface area contributed by atoms with E-state index in [1.807, 2.05) is 48.2 Å². The predicted molar refractivity (Wildman–Crippen MR) is 91.1 cm³/mol. The molecule has 0 bridgehead atoms. The van der Waals surface area contributed by atoms with Gasteiger partial charge in [-0.15, -0.1) is 0 Å². The molecule has 0 aliphatic rings. The van der Waals surface area contributed by atoms with Crippen LogP contribution >= 0.6 is 11.8 Å². The molecule has 0 aliphatic carbocycles. The second-order valence-corrected chi connectivity index (χ2v) is 6.32. The lowest BCUT2D eigenvalue weighted by atomic mass is 9.98. The van der Waals surface area contributed by atoms with Crippen LogP contribution in [-0.2, 0) is 4.79 Å². The summed E-state index contributed by atoms with van der Waals surface area (Å²) in [7, 11) is 0. The largest absolute Gasteiger partial charge is 0.295 e. The SMILES string of the molecule is CCCCC[C@@H](CSCC)C(=O)/C=C\c1ccccc1. The standard InChI is InChI=1S/C18H26OS/c1-3-5-7-12-17(15-20-4-2)18(19)14-13-16-10-8-6-9-11-16/h6,8-11,13-14,17H,3-5,7,12,15H2,1-2H3/b14-13-/t17-/m0/s1. The second-order valence-electron chi connectivity index (χ2n) is 5.00. The Morgan fingerprint density at radius 1 is 1.20 bits per heavy atom. The number of benzene rings is 1. The van der Waals surface area contributed by atoms with E-state index in [-0.39, 0.29) is 11.7 Å². The van der Waals surface area contributed by atoms with Crippen LogP contribution in [0.2, 0.25) is 0 Å². The third kappa shape index (κ3) is 6.95. The predicted octanol–water partition coefficient (Wildman–Crippen LogP) is 5.22. The minimum atomic E-state index is 0.187. The Kier molecular flexibility index (Phi) is 9.14. The number of allylic oxidation sites excluding steroid dienone is 1. The van der Waals surface area contributed by atoms with Gasteiger partial charge in [0.1, 0.15) is 0 Å². The first-order chi connectivity index (χ1) is 9.77. The highest BCUT2D eigenvalue weighted by atomic mass is 32.2. The first-order valence-corrected chi connectivity index (χ1v) is 8.78. The molecule has 0 radical (unpaired) electrons. The zero-order chi connectivity index (χ0) is 14.6. The van der Waals surface area contributed by atoms with Crippen molar-refractivity contribution in [3.05, 3.63) is 42.0 Å². The van der Waals surface area contributed by atoms with E-state index in [1.54, 1.807) is 6.08 Å². The van der Waals surface area contributed by atoms with E-state index in [0.717, 1.165) is 29.9 Å². The molecule has 1 rings (SSSR count). The molecule has 0 aromatic heterocycles. The number of unbranched alkanes of at least 4 members (excludes halogenated alkanes) is 2. The number of ketones is 1. The summed E-state index contributed by atoms with van der Waals surface area (Å²) in [4.78, 5) is 12.3. The Labute approximate surface area is 127 Å². The van der Waals surface area contributed by atoms with Crippen molar-refractivity contribution in [3.63, 3.8) is 0 Å².